The van der Waals surface area contributed by atoms with Crippen LogP contribution in [0.1, 0.15) is 24.2 Å². The number of pyridine rings is 1. The zero-order valence-electron chi connectivity index (χ0n) is 17.0. The molecule has 2 heterocycles. The Bertz CT molecular complexity index is 1310. The highest BCUT2D eigenvalue weighted by molar-refractivity contribution is 7.89. The minimum Gasteiger partial charge on any atom is -0.324 e. The molecule has 2 N–H and O–H groups in total. The highest BCUT2D eigenvalue weighted by atomic mass is 35.5. The van der Waals surface area contributed by atoms with Gasteiger partial charge in [-0.15, -0.1) is 0 Å². The molecule has 2 aromatic heterocycles. The Morgan fingerprint density at radius 3 is 2.66 bits per heavy atom. The first kappa shape index (κ1) is 23.9. The molecule has 0 saturated heterocycles. The van der Waals surface area contributed by atoms with E-state index in [-0.39, 0.29) is 27.2 Å². The summed E-state index contributed by atoms with van der Waals surface area (Å²) in [4.78, 5) is 29.0. The van der Waals surface area contributed by atoms with Gasteiger partial charge in [0.15, 0.2) is 0 Å². The van der Waals surface area contributed by atoms with Crippen LogP contribution in [0.5, 0.6) is 0 Å². The number of rotatable bonds is 7. The van der Waals surface area contributed by atoms with E-state index >= 15 is 0 Å². The third-order valence-corrected chi connectivity index (χ3v) is 6.85. The normalized spacial score (nSPS) is 12.4. The molecule has 0 aliphatic heterocycles. The summed E-state index contributed by atoms with van der Waals surface area (Å²) in [6, 6.07) is 8.63. The smallest absolute Gasteiger partial charge is 0.287 e. The quantitative estimate of drug-likeness (QED) is 0.519. The van der Waals surface area contributed by atoms with Crippen molar-refractivity contribution >= 4 is 44.8 Å². The zero-order chi connectivity index (χ0) is 23.5. The highest BCUT2D eigenvalue weighted by Gasteiger charge is 2.22. The van der Waals surface area contributed by atoms with Gasteiger partial charge in [-0.2, -0.15) is 5.10 Å². The summed E-state index contributed by atoms with van der Waals surface area (Å²) in [6.45, 7) is 3.11. The number of carbonyl (C=O) groups excluding carboxylic acids is 1. The first-order valence-corrected chi connectivity index (χ1v) is 11.6. The fraction of sp³-hybridized carbons (Fsp3) is 0.200. The maximum atomic E-state index is 12.8. The summed E-state index contributed by atoms with van der Waals surface area (Å²) in [5, 5.41) is 6.17. The number of anilines is 1. The molecule has 168 valence electrons. The topological polar surface area (TPSA) is 123 Å². The molecule has 9 nitrogen and oxygen atoms in total. The molecular weight excluding hydrogens is 477 g/mol. The number of aryl methyl sites for hydroxylation is 1. The Morgan fingerprint density at radius 2 is 1.97 bits per heavy atom. The van der Waals surface area contributed by atoms with E-state index < -0.39 is 27.5 Å². The van der Waals surface area contributed by atoms with E-state index in [1.165, 1.54) is 19.2 Å². The fourth-order valence-corrected chi connectivity index (χ4v) is 4.30. The number of halogens is 2. The second kappa shape index (κ2) is 9.78. The van der Waals surface area contributed by atoms with E-state index in [0.29, 0.717) is 11.3 Å². The van der Waals surface area contributed by atoms with Gasteiger partial charge in [-0.25, -0.2) is 17.8 Å². The average Bonchev–Trinajstić information content (AvgIpc) is 2.77. The summed E-state index contributed by atoms with van der Waals surface area (Å²) < 4.78 is 29.0. The molecule has 32 heavy (non-hydrogen) atoms. The third kappa shape index (κ3) is 5.33. The standard InChI is InChI=1S/C20H19Cl2N5O4S/c1-12-6-7-14(9-17(12)32(30,31)25-10-15-5-3-4-8-23-15)26-19(28)13(2)27-20(29)18(22)16(21)11-24-27/h3-9,11,13,25H,10H2,1-2H3,(H,26,28)/t13-/m1/s1. The Morgan fingerprint density at radius 1 is 1.22 bits per heavy atom. The number of carbonyl (C=O) groups is 1. The summed E-state index contributed by atoms with van der Waals surface area (Å²) >= 11 is 11.6. The van der Waals surface area contributed by atoms with Gasteiger partial charge in [0.05, 0.1) is 28.4 Å². The number of sulfonamides is 1. The van der Waals surface area contributed by atoms with Gasteiger partial charge >= 0.3 is 0 Å². The largest absolute Gasteiger partial charge is 0.324 e. The minimum absolute atomic E-state index is 0.00344. The summed E-state index contributed by atoms with van der Waals surface area (Å²) in [7, 11) is -3.88. The van der Waals surface area contributed by atoms with Crippen LogP contribution in [-0.2, 0) is 21.4 Å². The average molecular weight is 496 g/mol. The monoisotopic (exact) mass is 495 g/mol. The van der Waals surface area contributed by atoms with Crippen LogP contribution in [0.4, 0.5) is 5.69 Å². The second-order valence-corrected chi connectivity index (χ2v) is 9.37. The van der Waals surface area contributed by atoms with Gasteiger partial charge in [-0.05, 0) is 43.7 Å². The van der Waals surface area contributed by atoms with Crippen LogP contribution in [-0.4, -0.2) is 29.1 Å². The SMILES string of the molecule is Cc1ccc(NC(=O)[C@@H](C)n2ncc(Cl)c(Cl)c2=O)cc1S(=O)(=O)NCc1ccccn1. The Balaban J connectivity index is 1.80. The molecule has 0 fully saturated rings. The van der Waals surface area contributed by atoms with Crippen LogP contribution < -0.4 is 15.6 Å². The molecule has 0 radical (unpaired) electrons. The Kier molecular flexibility index (Phi) is 7.29. The lowest BCUT2D eigenvalue weighted by Gasteiger charge is -2.16. The molecule has 1 amide bonds. The Hall–Kier alpha value is -2.79. The highest BCUT2D eigenvalue weighted by Crippen LogP contribution is 2.22. The first-order chi connectivity index (χ1) is 15.1. The van der Waals surface area contributed by atoms with Crippen molar-refractivity contribution in [3.05, 3.63) is 80.4 Å². The first-order valence-electron chi connectivity index (χ1n) is 9.34. The van der Waals surface area contributed by atoms with Crippen molar-refractivity contribution in [2.24, 2.45) is 0 Å². The van der Waals surface area contributed by atoms with Gasteiger partial charge in [0.2, 0.25) is 15.9 Å². The molecule has 0 aliphatic rings. The van der Waals surface area contributed by atoms with Crippen LogP contribution in [0.25, 0.3) is 0 Å². The molecule has 1 atom stereocenters. The minimum atomic E-state index is -3.88. The number of amides is 1. The molecule has 0 unspecified atom stereocenters. The van der Waals surface area contributed by atoms with E-state index in [1.807, 2.05) is 0 Å². The molecule has 3 aromatic rings. The lowest BCUT2D eigenvalue weighted by Crippen LogP contribution is -2.33. The van der Waals surface area contributed by atoms with E-state index in [1.54, 1.807) is 43.5 Å². The van der Waals surface area contributed by atoms with Gasteiger partial charge in [-0.3, -0.25) is 14.6 Å². The van der Waals surface area contributed by atoms with Crippen molar-refractivity contribution in [2.45, 2.75) is 31.3 Å². The molecule has 3 rings (SSSR count). The van der Waals surface area contributed by atoms with E-state index in [0.717, 1.165) is 4.68 Å². The van der Waals surface area contributed by atoms with E-state index in [9.17, 15) is 18.0 Å². The predicted octanol–water partition coefficient (Wildman–Crippen LogP) is 2.93. The number of nitrogens with one attached hydrogen (secondary N) is 2. The van der Waals surface area contributed by atoms with Gasteiger partial charge in [-0.1, -0.05) is 35.3 Å². The number of hydrogen-bond donors (Lipinski definition) is 2. The van der Waals surface area contributed by atoms with Crippen LogP contribution in [0.3, 0.4) is 0 Å². The molecule has 0 saturated carbocycles. The van der Waals surface area contributed by atoms with Crippen molar-refractivity contribution in [3.63, 3.8) is 0 Å². The second-order valence-electron chi connectivity index (χ2n) is 6.85. The van der Waals surface area contributed by atoms with Crippen molar-refractivity contribution in [1.29, 1.82) is 0 Å². The molecule has 1 aromatic carbocycles. The summed E-state index contributed by atoms with van der Waals surface area (Å²) in [5.74, 6) is -0.591. The van der Waals surface area contributed by atoms with Crippen molar-refractivity contribution < 1.29 is 13.2 Å². The van der Waals surface area contributed by atoms with Crippen molar-refractivity contribution in [1.82, 2.24) is 19.5 Å². The van der Waals surface area contributed by atoms with Crippen LogP contribution >= 0.6 is 23.2 Å². The summed E-state index contributed by atoms with van der Waals surface area (Å²) in [5.41, 5.74) is 0.574. The number of aromatic nitrogens is 3. The van der Waals surface area contributed by atoms with Crippen LogP contribution in [0, 0.1) is 6.92 Å². The van der Waals surface area contributed by atoms with E-state index in [4.69, 9.17) is 23.2 Å². The number of hydrogen-bond acceptors (Lipinski definition) is 6. The maximum Gasteiger partial charge on any atom is 0.287 e. The maximum absolute atomic E-state index is 12.8. The third-order valence-electron chi connectivity index (χ3n) is 4.56. The van der Waals surface area contributed by atoms with Crippen molar-refractivity contribution in [2.75, 3.05) is 5.32 Å². The van der Waals surface area contributed by atoms with Gasteiger partial charge < -0.3 is 5.32 Å². The van der Waals surface area contributed by atoms with Gasteiger partial charge in [0.1, 0.15) is 11.1 Å². The number of benzene rings is 1. The van der Waals surface area contributed by atoms with Gasteiger partial charge in [0, 0.05) is 11.9 Å². The van der Waals surface area contributed by atoms with E-state index in [2.05, 4.69) is 20.1 Å². The molecular formula is C20H19Cl2N5O4S. The number of nitrogens with zero attached hydrogens (tertiary/aromatic N) is 3. The predicted molar refractivity (Wildman–Crippen MR) is 121 cm³/mol. The Labute approximate surface area is 194 Å². The molecule has 12 heteroatoms. The molecule has 0 bridgehead atoms. The van der Waals surface area contributed by atoms with Crippen molar-refractivity contribution in [3.8, 4) is 0 Å². The molecule has 0 spiro atoms. The van der Waals surface area contributed by atoms with Crippen LogP contribution in [0.2, 0.25) is 10.0 Å². The molecule has 0 aliphatic carbocycles. The summed E-state index contributed by atoms with van der Waals surface area (Å²) in [6.07, 6.45) is 2.74. The van der Waals surface area contributed by atoms with Crippen LogP contribution in [0.15, 0.2) is 58.5 Å². The zero-order valence-corrected chi connectivity index (χ0v) is 19.4. The lowest BCUT2D eigenvalue weighted by molar-refractivity contribution is -0.119. The lowest BCUT2D eigenvalue weighted by atomic mass is 10.2. The van der Waals surface area contributed by atoms with Gasteiger partial charge in [0.25, 0.3) is 5.56 Å². The fourth-order valence-electron chi connectivity index (χ4n) is 2.78.